The van der Waals surface area contributed by atoms with Gasteiger partial charge in [0, 0.05) is 64.6 Å². The Morgan fingerprint density at radius 2 is 1.83 bits per heavy atom. The van der Waals surface area contributed by atoms with E-state index in [1.165, 1.54) is 5.56 Å². The van der Waals surface area contributed by atoms with Gasteiger partial charge in [0.2, 0.25) is 5.91 Å². The van der Waals surface area contributed by atoms with Crippen LogP contribution in [0.25, 0.3) is 0 Å². The van der Waals surface area contributed by atoms with Gasteiger partial charge in [0.1, 0.15) is 5.82 Å². The first kappa shape index (κ1) is 16.3. The predicted molar refractivity (Wildman–Crippen MR) is 91.4 cm³/mol. The molecule has 0 aliphatic carbocycles. The van der Waals surface area contributed by atoms with E-state index in [1.54, 1.807) is 18.6 Å². The second-order valence-corrected chi connectivity index (χ2v) is 5.93. The fourth-order valence-electron chi connectivity index (χ4n) is 2.77. The third kappa shape index (κ3) is 4.26. The average molecular weight is 326 g/mol. The van der Waals surface area contributed by atoms with Gasteiger partial charge in [-0.05, 0) is 17.7 Å². The van der Waals surface area contributed by atoms with E-state index in [9.17, 15) is 4.79 Å². The van der Waals surface area contributed by atoms with E-state index in [1.807, 2.05) is 41.4 Å². The van der Waals surface area contributed by atoms with Gasteiger partial charge in [-0.15, -0.1) is 0 Å². The number of aromatic nitrogens is 3. The van der Waals surface area contributed by atoms with E-state index in [4.69, 9.17) is 0 Å². The molecule has 7 nitrogen and oxygen atoms in total. The van der Waals surface area contributed by atoms with E-state index >= 15 is 0 Å². The molecule has 0 spiro atoms. The van der Waals surface area contributed by atoms with Crippen LogP contribution in [0.1, 0.15) is 5.56 Å². The molecule has 1 aliphatic rings. The zero-order chi connectivity index (χ0) is 16.8. The Hall–Kier alpha value is -2.54. The van der Waals surface area contributed by atoms with Gasteiger partial charge in [-0.2, -0.15) is 0 Å². The number of carbonyl (C=O) groups excluding carboxylic acids is 1. The SMILES string of the molecule is CN(CC(=O)N1CCN(Cc2ccncc2)CC1)c1cnccn1. The lowest BCUT2D eigenvalue weighted by molar-refractivity contribution is -0.131. The molecule has 1 saturated heterocycles. The summed E-state index contributed by atoms with van der Waals surface area (Å²) >= 11 is 0. The van der Waals surface area contributed by atoms with Gasteiger partial charge in [-0.3, -0.25) is 19.7 Å². The van der Waals surface area contributed by atoms with Crippen molar-refractivity contribution in [2.45, 2.75) is 6.54 Å². The fourth-order valence-corrected chi connectivity index (χ4v) is 2.77. The number of amides is 1. The lowest BCUT2D eigenvalue weighted by Crippen LogP contribution is -2.50. The van der Waals surface area contributed by atoms with Crippen molar-refractivity contribution in [3.8, 4) is 0 Å². The minimum absolute atomic E-state index is 0.131. The normalized spacial score (nSPS) is 15.3. The summed E-state index contributed by atoms with van der Waals surface area (Å²) in [5.74, 6) is 0.842. The van der Waals surface area contributed by atoms with Gasteiger partial charge >= 0.3 is 0 Å². The second-order valence-electron chi connectivity index (χ2n) is 5.93. The Morgan fingerprint density at radius 3 is 2.50 bits per heavy atom. The number of pyridine rings is 1. The van der Waals surface area contributed by atoms with Crippen molar-refractivity contribution in [1.29, 1.82) is 0 Å². The molecular formula is C17H22N6O. The number of likely N-dealkylation sites (N-methyl/N-ethyl adjacent to an activating group) is 1. The molecule has 7 heteroatoms. The first-order valence-electron chi connectivity index (χ1n) is 8.08. The summed E-state index contributed by atoms with van der Waals surface area (Å²) in [5.41, 5.74) is 1.26. The Labute approximate surface area is 142 Å². The van der Waals surface area contributed by atoms with Crippen LogP contribution in [0.5, 0.6) is 0 Å². The third-order valence-electron chi connectivity index (χ3n) is 4.19. The van der Waals surface area contributed by atoms with Gasteiger partial charge in [-0.25, -0.2) is 4.98 Å². The minimum Gasteiger partial charge on any atom is -0.349 e. The first-order valence-corrected chi connectivity index (χ1v) is 8.08. The average Bonchev–Trinajstić information content (AvgIpc) is 2.64. The van der Waals surface area contributed by atoms with Crippen molar-refractivity contribution in [1.82, 2.24) is 24.8 Å². The van der Waals surface area contributed by atoms with E-state index in [0.29, 0.717) is 12.4 Å². The minimum atomic E-state index is 0.131. The molecule has 0 N–H and O–H groups in total. The summed E-state index contributed by atoms with van der Waals surface area (Å²) in [6.07, 6.45) is 8.56. The Bertz CT molecular complexity index is 643. The summed E-state index contributed by atoms with van der Waals surface area (Å²) in [4.78, 5) is 30.9. The molecular weight excluding hydrogens is 304 g/mol. The first-order chi connectivity index (χ1) is 11.7. The summed E-state index contributed by atoms with van der Waals surface area (Å²) in [6, 6.07) is 4.07. The summed E-state index contributed by atoms with van der Waals surface area (Å²) in [7, 11) is 1.86. The molecule has 3 rings (SSSR count). The molecule has 0 saturated carbocycles. The van der Waals surface area contributed by atoms with Gasteiger partial charge in [0.15, 0.2) is 0 Å². The maximum Gasteiger partial charge on any atom is 0.242 e. The summed E-state index contributed by atoms with van der Waals surface area (Å²) in [5, 5.41) is 0. The Balaban J connectivity index is 1.47. The highest BCUT2D eigenvalue weighted by Crippen LogP contribution is 2.10. The molecule has 1 fully saturated rings. The summed E-state index contributed by atoms with van der Waals surface area (Å²) < 4.78 is 0. The molecule has 0 atom stereocenters. The molecule has 1 aliphatic heterocycles. The van der Waals surface area contributed by atoms with E-state index < -0.39 is 0 Å². The number of carbonyl (C=O) groups is 1. The summed E-state index contributed by atoms with van der Waals surface area (Å²) in [6.45, 7) is 4.54. The van der Waals surface area contributed by atoms with Crippen LogP contribution in [-0.2, 0) is 11.3 Å². The Morgan fingerprint density at radius 1 is 1.08 bits per heavy atom. The Kier molecular flexibility index (Phi) is 5.32. The van der Waals surface area contributed by atoms with Crippen molar-refractivity contribution in [2.75, 3.05) is 44.7 Å². The predicted octanol–water partition coefficient (Wildman–Crippen LogP) is 0.652. The van der Waals surface area contributed by atoms with Crippen molar-refractivity contribution in [2.24, 2.45) is 0 Å². The zero-order valence-corrected chi connectivity index (χ0v) is 13.9. The van der Waals surface area contributed by atoms with Crippen LogP contribution < -0.4 is 4.90 Å². The number of nitrogens with zero attached hydrogens (tertiary/aromatic N) is 6. The van der Waals surface area contributed by atoms with Gasteiger partial charge < -0.3 is 9.80 Å². The van der Waals surface area contributed by atoms with Crippen molar-refractivity contribution >= 4 is 11.7 Å². The number of rotatable bonds is 5. The molecule has 0 bridgehead atoms. The third-order valence-corrected chi connectivity index (χ3v) is 4.19. The molecule has 0 unspecified atom stereocenters. The number of hydrogen-bond acceptors (Lipinski definition) is 6. The molecule has 2 aromatic heterocycles. The monoisotopic (exact) mass is 326 g/mol. The van der Waals surface area contributed by atoms with E-state index in [2.05, 4.69) is 19.9 Å². The van der Waals surface area contributed by atoms with Crippen molar-refractivity contribution < 1.29 is 4.79 Å². The van der Waals surface area contributed by atoms with Crippen LogP contribution in [0.4, 0.5) is 5.82 Å². The lowest BCUT2D eigenvalue weighted by atomic mass is 10.2. The van der Waals surface area contributed by atoms with Crippen LogP contribution in [0, 0.1) is 0 Å². The topological polar surface area (TPSA) is 65.5 Å². The lowest BCUT2D eigenvalue weighted by Gasteiger charge is -2.35. The van der Waals surface area contributed by atoms with Crippen LogP contribution in [0.3, 0.4) is 0 Å². The maximum absolute atomic E-state index is 12.5. The van der Waals surface area contributed by atoms with Crippen LogP contribution in [0.2, 0.25) is 0 Å². The highest BCUT2D eigenvalue weighted by molar-refractivity contribution is 5.81. The van der Waals surface area contributed by atoms with Crippen LogP contribution >= 0.6 is 0 Å². The van der Waals surface area contributed by atoms with Crippen molar-refractivity contribution in [3.63, 3.8) is 0 Å². The molecule has 3 heterocycles. The smallest absolute Gasteiger partial charge is 0.242 e. The molecule has 2 aromatic rings. The van der Waals surface area contributed by atoms with Gasteiger partial charge in [0.25, 0.3) is 0 Å². The fraction of sp³-hybridized carbons (Fsp3) is 0.412. The quantitative estimate of drug-likeness (QED) is 0.804. The number of anilines is 1. The molecule has 126 valence electrons. The van der Waals surface area contributed by atoms with E-state index in [0.717, 1.165) is 32.7 Å². The van der Waals surface area contributed by atoms with Crippen LogP contribution in [-0.4, -0.2) is 70.4 Å². The highest BCUT2D eigenvalue weighted by atomic mass is 16.2. The molecule has 0 aromatic carbocycles. The number of piperazine rings is 1. The molecule has 24 heavy (non-hydrogen) atoms. The van der Waals surface area contributed by atoms with Gasteiger partial charge in [0.05, 0.1) is 12.7 Å². The zero-order valence-electron chi connectivity index (χ0n) is 13.9. The largest absolute Gasteiger partial charge is 0.349 e. The molecule has 1 amide bonds. The maximum atomic E-state index is 12.5. The number of hydrogen-bond donors (Lipinski definition) is 0. The second kappa shape index (κ2) is 7.83. The standard InChI is InChI=1S/C17H22N6O/c1-21(16-12-19-6-7-20-16)14-17(24)23-10-8-22(9-11-23)13-15-2-4-18-5-3-15/h2-7,12H,8-11,13-14H2,1H3. The van der Waals surface area contributed by atoms with Crippen molar-refractivity contribution in [3.05, 3.63) is 48.7 Å². The van der Waals surface area contributed by atoms with Crippen LogP contribution in [0.15, 0.2) is 43.1 Å². The molecule has 0 radical (unpaired) electrons. The highest BCUT2D eigenvalue weighted by Gasteiger charge is 2.22. The van der Waals surface area contributed by atoms with E-state index in [-0.39, 0.29) is 5.91 Å². The van der Waals surface area contributed by atoms with Gasteiger partial charge in [-0.1, -0.05) is 0 Å².